The first kappa shape index (κ1) is 34.3. The van der Waals surface area contributed by atoms with Crippen molar-refractivity contribution in [1.29, 1.82) is 0 Å². The number of nitrogens with zero attached hydrogens (tertiary/aromatic N) is 5. The Morgan fingerprint density at radius 2 is 1.89 bits per heavy atom. The lowest BCUT2D eigenvalue weighted by Gasteiger charge is -2.33. The van der Waals surface area contributed by atoms with Gasteiger partial charge in [-0.1, -0.05) is 55.4 Å². The molecule has 5 rings (SSSR count). The lowest BCUT2D eigenvalue weighted by molar-refractivity contribution is -0.132. The van der Waals surface area contributed by atoms with Gasteiger partial charge in [0.2, 0.25) is 5.91 Å². The SMILES string of the molecule is CCCC(O)(CNC(=O)c1cc(Sc2csc(Nc3ccc(NC4CCN(C(=O)CN(C)C)CC4)cn3)n2)ccn1)c1ccccc1. The van der Waals surface area contributed by atoms with Gasteiger partial charge in [-0.15, -0.1) is 11.3 Å². The van der Waals surface area contributed by atoms with Crippen LogP contribution in [0.4, 0.5) is 16.6 Å². The Hall–Kier alpha value is -4.04. The zero-order valence-corrected chi connectivity index (χ0v) is 28.6. The number of benzene rings is 1. The fourth-order valence-corrected chi connectivity index (χ4v) is 7.09. The van der Waals surface area contributed by atoms with E-state index in [1.54, 1.807) is 12.3 Å². The van der Waals surface area contributed by atoms with E-state index in [-0.39, 0.29) is 24.1 Å². The van der Waals surface area contributed by atoms with Crippen molar-refractivity contribution in [3.8, 4) is 0 Å². The number of rotatable bonds is 14. The molecule has 0 bridgehead atoms. The van der Waals surface area contributed by atoms with Crippen LogP contribution < -0.4 is 16.0 Å². The molecule has 1 fully saturated rings. The predicted octanol–water partition coefficient (Wildman–Crippen LogP) is 5.21. The fraction of sp³-hybridized carbons (Fsp3) is 0.382. The van der Waals surface area contributed by atoms with E-state index < -0.39 is 5.60 Å². The van der Waals surface area contributed by atoms with Crippen LogP contribution in [0, 0.1) is 0 Å². The summed E-state index contributed by atoms with van der Waals surface area (Å²) in [7, 11) is 3.82. The molecule has 0 radical (unpaired) electrons. The number of pyridine rings is 2. The monoisotopic (exact) mass is 674 g/mol. The molecular formula is C34H42N8O3S2. The van der Waals surface area contributed by atoms with E-state index in [2.05, 4.69) is 30.9 Å². The Labute approximate surface area is 284 Å². The molecule has 1 aromatic carbocycles. The Bertz CT molecular complexity index is 1610. The van der Waals surface area contributed by atoms with Gasteiger partial charge in [0.15, 0.2) is 5.13 Å². The van der Waals surface area contributed by atoms with Crippen LogP contribution in [0.3, 0.4) is 0 Å². The minimum Gasteiger partial charge on any atom is -0.383 e. The van der Waals surface area contributed by atoms with Crippen molar-refractivity contribution >= 4 is 51.5 Å². The molecule has 1 atom stereocenters. The fourth-order valence-electron chi connectivity index (χ4n) is 5.44. The van der Waals surface area contributed by atoms with Crippen molar-refractivity contribution in [1.82, 2.24) is 30.1 Å². The summed E-state index contributed by atoms with van der Waals surface area (Å²) in [5.41, 5.74) is 0.838. The number of hydrogen-bond acceptors (Lipinski definition) is 11. The molecule has 47 heavy (non-hydrogen) atoms. The first-order chi connectivity index (χ1) is 22.7. The second-order valence-corrected chi connectivity index (χ2v) is 13.8. The summed E-state index contributed by atoms with van der Waals surface area (Å²) >= 11 is 2.91. The van der Waals surface area contributed by atoms with Crippen molar-refractivity contribution in [3.05, 3.63) is 83.6 Å². The molecule has 2 amide bonds. The molecule has 0 saturated carbocycles. The van der Waals surface area contributed by atoms with Gasteiger partial charge in [-0.25, -0.2) is 9.97 Å². The van der Waals surface area contributed by atoms with Crippen LogP contribution in [0.5, 0.6) is 0 Å². The molecule has 13 heteroatoms. The van der Waals surface area contributed by atoms with E-state index >= 15 is 0 Å². The van der Waals surface area contributed by atoms with Gasteiger partial charge in [-0.05, 0) is 63.2 Å². The van der Waals surface area contributed by atoms with E-state index in [9.17, 15) is 14.7 Å². The van der Waals surface area contributed by atoms with Crippen LogP contribution in [0.15, 0.2) is 82.3 Å². The van der Waals surface area contributed by atoms with Gasteiger partial charge in [0.05, 0.1) is 25.0 Å². The molecule has 4 heterocycles. The number of carbonyl (C=O) groups is 2. The molecule has 11 nitrogen and oxygen atoms in total. The van der Waals surface area contributed by atoms with E-state index in [1.807, 2.05) is 90.9 Å². The highest BCUT2D eigenvalue weighted by Crippen LogP contribution is 2.32. The summed E-state index contributed by atoms with van der Waals surface area (Å²) in [6, 6.07) is 17.2. The molecule has 0 spiro atoms. The van der Waals surface area contributed by atoms with Gasteiger partial charge in [-0.3, -0.25) is 14.6 Å². The number of piperidine rings is 1. The van der Waals surface area contributed by atoms with Gasteiger partial charge in [0.25, 0.3) is 5.91 Å². The van der Waals surface area contributed by atoms with E-state index in [4.69, 9.17) is 0 Å². The average molecular weight is 675 g/mol. The number of aromatic nitrogens is 3. The summed E-state index contributed by atoms with van der Waals surface area (Å²) in [5, 5.41) is 24.4. The van der Waals surface area contributed by atoms with Gasteiger partial charge in [0.1, 0.15) is 22.1 Å². The maximum absolute atomic E-state index is 13.0. The molecule has 248 valence electrons. The van der Waals surface area contributed by atoms with Crippen LogP contribution in [-0.2, 0) is 10.4 Å². The van der Waals surface area contributed by atoms with Crippen LogP contribution in [0.25, 0.3) is 0 Å². The third-order valence-electron chi connectivity index (χ3n) is 7.85. The minimum atomic E-state index is -1.15. The molecule has 1 aliphatic rings. The van der Waals surface area contributed by atoms with E-state index in [0.717, 1.165) is 53.5 Å². The summed E-state index contributed by atoms with van der Waals surface area (Å²) < 4.78 is 0. The lowest BCUT2D eigenvalue weighted by atomic mass is 9.89. The number of thiazole rings is 1. The number of likely N-dealkylation sites (tertiary alicyclic amines) is 1. The van der Waals surface area contributed by atoms with Crippen LogP contribution in [-0.4, -0.2) is 88.0 Å². The molecule has 1 aliphatic heterocycles. The maximum atomic E-state index is 13.0. The Morgan fingerprint density at radius 1 is 1.11 bits per heavy atom. The zero-order valence-electron chi connectivity index (χ0n) is 27.0. The first-order valence-electron chi connectivity index (χ1n) is 15.8. The van der Waals surface area contributed by atoms with Gasteiger partial charge < -0.3 is 30.9 Å². The number of anilines is 3. The normalized spacial score (nSPS) is 14.9. The number of aliphatic hydroxyl groups is 1. The summed E-state index contributed by atoms with van der Waals surface area (Å²) in [6.07, 6.45) is 6.51. The third kappa shape index (κ3) is 9.74. The molecule has 4 aromatic rings. The van der Waals surface area contributed by atoms with Crippen LogP contribution in [0.2, 0.25) is 0 Å². The molecule has 1 saturated heterocycles. The molecule has 4 N–H and O–H groups in total. The maximum Gasteiger partial charge on any atom is 0.270 e. The zero-order chi connectivity index (χ0) is 33.2. The summed E-state index contributed by atoms with van der Waals surface area (Å²) in [6.45, 7) is 4.06. The smallest absolute Gasteiger partial charge is 0.270 e. The van der Waals surface area contributed by atoms with Gasteiger partial charge in [0, 0.05) is 35.6 Å². The number of carbonyl (C=O) groups excluding carboxylic acids is 2. The largest absolute Gasteiger partial charge is 0.383 e. The van der Waals surface area contributed by atoms with Crippen molar-refractivity contribution in [3.63, 3.8) is 0 Å². The molecule has 0 aliphatic carbocycles. The highest BCUT2D eigenvalue weighted by Gasteiger charge is 2.29. The van der Waals surface area contributed by atoms with Crippen molar-refractivity contribution < 1.29 is 14.7 Å². The van der Waals surface area contributed by atoms with Crippen LogP contribution in [0.1, 0.15) is 48.7 Å². The first-order valence-corrected chi connectivity index (χ1v) is 17.5. The van der Waals surface area contributed by atoms with Crippen molar-refractivity contribution in [2.45, 2.75) is 54.2 Å². The Kier molecular flexibility index (Phi) is 11.8. The second-order valence-electron chi connectivity index (χ2n) is 11.9. The quantitative estimate of drug-likeness (QED) is 0.141. The summed E-state index contributed by atoms with van der Waals surface area (Å²) in [5.74, 6) is 0.522. The number of likely N-dealkylation sites (N-methyl/N-ethyl adjacent to an activating group) is 1. The highest BCUT2D eigenvalue weighted by atomic mass is 32.2. The predicted molar refractivity (Wildman–Crippen MR) is 187 cm³/mol. The number of nitrogens with one attached hydrogen (secondary N) is 3. The van der Waals surface area contributed by atoms with E-state index in [1.165, 1.54) is 23.1 Å². The lowest BCUT2D eigenvalue weighted by Crippen LogP contribution is -2.45. The molecular weight excluding hydrogens is 633 g/mol. The van der Waals surface area contributed by atoms with E-state index in [0.29, 0.717) is 30.0 Å². The topological polar surface area (TPSA) is 136 Å². The van der Waals surface area contributed by atoms with Crippen LogP contribution >= 0.6 is 23.1 Å². The molecule has 1 unspecified atom stereocenters. The Balaban J connectivity index is 1.10. The molecule has 3 aromatic heterocycles. The third-order valence-corrected chi connectivity index (χ3v) is 9.67. The number of amides is 2. The number of hydrogen-bond donors (Lipinski definition) is 4. The Morgan fingerprint density at radius 3 is 2.60 bits per heavy atom. The van der Waals surface area contributed by atoms with Gasteiger partial charge in [-0.2, -0.15) is 0 Å². The summed E-state index contributed by atoms with van der Waals surface area (Å²) in [4.78, 5) is 43.5. The van der Waals surface area contributed by atoms with Gasteiger partial charge >= 0.3 is 0 Å². The van der Waals surface area contributed by atoms with Crippen molar-refractivity contribution in [2.24, 2.45) is 0 Å². The standard InChI is InChI=1S/C34H42N8O3S2/c1-4-15-34(45,24-8-6-5-7-9-24)23-37-32(44)28-19-27(12-16-35-28)47-30-22-46-33(40-30)39-29-11-10-26(20-36-29)38-25-13-17-42(18-14-25)31(43)21-41(2)3/h5-12,16,19-20,22,25,38,45H,4,13-15,17-18,21,23H2,1-3H3,(H,37,44)(H,36,39,40). The minimum absolute atomic E-state index is 0.0910. The second kappa shape index (κ2) is 16.2. The highest BCUT2D eigenvalue weighted by molar-refractivity contribution is 7.99. The van der Waals surface area contributed by atoms with Crippen molar-refractivity contribution in [2.75, 3.05) is 50.9 Å². The average Bonchev–Trinajstić information content (AvgIpc) is 3.51.